The standard InChI is InChI=1S/C14H15Br2FN4.C5H10O2/c15-10-5-9(17)6-11(16)14(10)21-13(18)7-12(20-21)8-1-3-19-4-2-8;1-5(2,3)7-4-6/h5-8,19H,1-4,18H2;4H,1-3H3. The summed E-state index contributed by atoms with van der Waals surface area (Å²) in [6.07, 6.45) is 2.12. The van der Waals surface area contributed by atoms with Crippen molar-refractivity contribution in [3.05, 3.63) is 38.7 Å². The summed E-state index contributed by atoms with van der Waals surface area (Å²) in [6.45, 7) is 7.92. The number of nitrogens with two attached hydrogens (primary N) is 1. The van der Waals surface area contributed by atoms with Gasteiger partial charge in [-0.05, 0) is 90.7 Å². The van der Waals surface area contributed by atoms with Crippen LogP contribution in [0.25, 0.3) is 5.69 Å². The zero-order valence-electron chi connectivity index (χ0n) is 16.1. The van der Waals surface area contributed by atoms with Crippen molar-refractivity contribution >= 4 is 44.1 Å². The van der Waals surface area contributed by atoms with Gasteiger partial charge in [0.2, 0.25) is 0 Å². The average molecular weight is 520 g/mol. The molecule has 0 unspecified atom stereocenters. The quantitative estimate of drug-likeness (QED) is 0.581. The first-order chi connectivity index (χ1) is 13.1. The Labute approximate surface area is 181 Å². The number of hydrogen-bond donors (Lipinski definition) is 2. The van der Waals surface area contributed by atoms with Crippen molar-refractivity contribution in [3.63, 3.8) is 0 Å². The molecule has 0 atom stereocenters. The number of aromatic nitrogens is 2. The fraction of sp³-hybridized carbons (Fsp3) is 0.474. The Morgan fingerprint density at radius 3 is 2.29 bits per heavy atom. The Bertz CT molecular complexity index is 792. The van der Waals surface area contributed by atoms with Gasteiger partial charge in [0.25, 0.3) is 6.47 Å². The van der Waals surface area contributed by atoms with E-state index in [1.807, 2.05) is 26.8 Å². The van der Waals surface area contributed by atoms with E-state index in [1.165, 1.54) is 12.1 Å². The summed E-state index contributed by atoms with van der Waals surface area (Å²) in [4.78, 5) is 9.60. The van der Waals surface area contributed by atoms with E-state index in [2.05, 4.69) is 47.0 Å². The molecule has 0 saturated carbocycles. The lowest BCUT2D eigenvalue weighted by Crippen LogP contribution is -2.26. The minimum atomic E-state index is -0.318. The van der Waals surface area contributed by atoms with E-state index in [0.717, 1.165) is 31.6 Å². The second-order valence-corrected chi connectivity index (χ2v) is 9.18. The first-order valence-electron chi connectivity index (χ1n) is 8.95. The number of nitrogens with zero attached hydrogens (tertiary/aromatic N) is 2. The molecule has 0 spiro atoms. The number of nitrogen functional groups attached to an aromatic ring is 1. The molecule has 1 aliphatic rings. The highest BCUT2D eigenvalue weighted by molar-refractivity contribution is 9.11. The summed E-state index contributed by atoms with van der Waals surface area (Å²) in [5.41, 5.74) is 7.50. The summed E-state index contributed by atoms with van der Waals surface area (Å²) in [7, 11) is 0. The van der Waals surface area contributed by atoms with E-state index in [1.54, 1.807) is 4.68 Å². The van der Waals surface area contributed by atoms with Gasteiger partial charge in [0.15, 0.2) is 0 Å². The molecule has 3 N–H and O–H groups in total. The number of benzene rings is 1. The van der Waals surface area contributed by atoms with Crippen LogP contribution in [0.15, 0.2) is 27.1 Å². The molecule has 0 amide bonds. The van der Waals surface area contributed by atoms with Gasteiger partial charge >= 0.3 is 0 Å². The number of carbonyl (C=O) groups is 1. The van der Waals surface area contributed by atoms with Crippen molar-refractivity contribution in [1.82, 2.24) is 15.1 Å². The van der Waals surface area contributed by atoms with Gasteiger partial charge in [0.1, 0.15) is 17.2 Å². The molecule has 0 radical (unpaired) electrons. The van der Waals surface area contributed by atoms with Crippen molar-refractivity contribution in [1.29, 1.82) is 0 Å². The second kappa shape index (κ2) is 9.84. The molecule has 2 heterocycles. The predicted molar refractivity (Wildman–Crippen MR) is 115 cm³/mol. The van der Waals surface area contributed by atoms with E-state index in [4.69, 9.17) is 5.73 Å². The molecule has 0 aliphatic carbocycles. The number of anilines is 1. The molecule has 2 aromatic rings. The fourth-order valence-corrected chi connectivity index (χ4v) is 4.26. The number of halogens is 3. The van der Waals surface area contributed by atoms with Gasteiger partial charge in [0.05, 0.1) is 11.4 Å². The second-order valence-electron chi connectivity index (χ2n) is 7.47. The van der Waals surface area contributed by atoms with E-state index >= 15 is 0 Å². The smallest absolute Gasteiger partial charge is 0.293 e. The van der Waals surface area contributed by atoms with Crippen molar-refractivity contribution in [2.75, 3.05) is 18.8 Å². The van der Waals surface area contributed by atoms with Crippen molar-refractivity contribution < 1.29 is 13.9 Å². The molecule has 6 nitrogen and oxygen atoms in total. The van der Waals surface area contributed by atoms with E-state index in [-0.39, 0.29) is 11.4 Å². The van der Waals surface area contributed by atoms with E-state index < -0.39 is 0 Å². The lowest BCUT2D eigenvalue weighted by Gasteiger charge is -2.20. The van der Waals surface area contributed by atoms with Crippen LogP contribution in [0.2, 0.25) is 0 Å². The third-order valence-electron chi connectivity index (χ3n) is 4.11. The van der Waals surface area contributed by atoms with E-state index in [9.17, 15) is 9.18 Å². The molecular weight excluding hydrogens is 495 g/mol. The van der Waals surface area contributed by atoms with Gasteiger partial charge in [-0.1, -0.05) is 0 Å². The minimum absolute atomic E-state index is 0.318. The molecule has 1 aromatic heterocycles. The van der Waals surface area contributed by atoms with Crippen LogP contribution in [-0.4, -0.2) is 34.9 Å². The molecule has 1 fully saturated rings. The predicted octanol–water partition coefficient (Wildman–Crippen LogP) is 4.54. The zero-order valence-corrected chi connectivity index (χ0v) is 19.3. The first kappa shape index (κ1) is 22.8. The maximum Gasteiger partial charge on any atom is 0.293 e. The summed E-state index contributed by atoms with van der Waals surface area (Å²) < 4.78 is 20.8. The largest absolute Gasteiger partial charge is 0.462 e. The Hall–Kier alpha value is -1.45. The molecule has 1 saturated heterocycles. The Balaban J connectivity index is 0.000000345. The third kappa shape index (κ3) is 6.28. The topological polar surface area (TPSA) is 82.2 Å². The fourth-order valence-electron chi connectivity index (χ4n) is 2.79. The highest BCUT2D eigenvalue weighted by Crippen LogP contribution is 2.33. The Morgan fingerprint density at radius 2 is 1.82 bits per heavy atom. The van der Waals surface area contributed by atoms with Crippen LogP contribution in [0.5, 0.6) is 0 Å². The number of piperidine rings is 1. The molecular formula is C19H25Br2FN4O2. The summed E-state index contributed by atoms with van der Waals surface area (Å²) in [5.74, 6) is 0.658. The maximum absolute atomic E-state index is 13.4. The van der Waals surface area contributed by atoms with Gasteiger partial charge in [-0.15, -0.1) is 0 Å². The highest BCUT2D eigenvalue weighted by atomic mass is 79.9. The third-order valence-corrected chi connectivity index (χ3v) is 5.32. The normalized spacial score (nSPS) is 14.9. The van der Waals surface area contributed by atoms with Crippen LogP contribution in [0.4, 0.5) is 10.2 Å². The SMILES string of the molecule is CC(C)(C)OC=O.Nc1cc(C2CCNCC2)nn1-c1c(Br)cc(F)cc1Br. The lowest BCUT2D eigenvalue weighted by molar-refractivity contribution is -0.138. The molecule has 0 bridgehead atoms. The number of hydrogen-bond acceptors (Lipinski definition) is 5. The molecule has 3 rings (SSSR count). The Kier molecular flexibility index (Phi) is 8.03. The van der Waals surface area contributed by atoms with Gasteiger partial charge in [0, 0.05) is 20.9 Å². The van der Waals surface area contributed by atoms with Crippen LogP contribution in [0.1, 0.15) is 45.2 Å². The van der Waals surface area contributed by atoms with Gasteiger partial charge in [-0.3, -0.25) is 4.79 Å². The number of carbonyl (C=O) groups excluding carboxylic acids is 1. The number of ether oxygens (including phenoxy) is 1. The highest BCUT2D eigenvalue weighted by Gasteiger charge is 2.21. The molecule has 1 aromatic carbocycles. The average Bonchev–Trinajstić information content (AvgIpc) is 2.96. The molecule has 1 aliphatic heterocycles. The van der Waals surface area contributed by atoms with Gasteiger partial charge < -0.3 is 15.8 Å². The first-order valence-corrected chi connectivity index (χ1v) is 10.5. The van der Waals surface area contributed by atoms with Crippen LogP contribution in [0.3, 0.4) is 0 Å². The maximum atomic E-state index is 13.4. The van der Waals surface area contributed by atoms with Crippen LogP contribution in [0, 0.1) is 5.82 Å². The van der Waals surface area contributed by atoms with Crippen molar-refractivity contribution in [3.8, 4) is 5.69 Å². The van der Waals surface area contributed by atoms with Crippen molar-refractivity contribution in [2.24, 2.45) is 0 Å². The number of rotatable bonds is 3. The van der Waals surface area contributed by atoms with Crippen LogP contribution < -0.4 is 11.1 Å². The van der Waals surface area contributed by atoms with Crippen LogP contribution >= 0.6 is 31.9 Å². The van der Waals surface area contributed by atoms with Gasteiger partial charge in [-0.25, -0.2) is 9.07 Å². The van der Waals surface area contributed by atoms with Gasteiger partial charge in [-0.2, -0.15) is 5.10 Å². The zero-order chi connectivity index (χ0) is 20.9. The summed E-state index contributed by atoms with van der Waals surface area (Å²) >= 11 is 6.76. The summed E-state index contributed by atoms with van der Waals surface area (Å²) in [5, 5.41) is 7.98. The van der Waals surface area contributed by atoms with Crippen molar-refractivity contribution in [2.45, 2.75) is 45.1 Å². The minimum Gasteiger partial charge on any atom is -0.462 e. The molecule has 154 valence electrons. The Morgan fingerprint density at radius 1 is 1.25 bits per heavy atom. The van der Waals surface area contributed by atoms with E-state index in [0.29, 0.717) is 32.8 Å². The summed E-state index contributed by atoms with van der Waals surface area (Å²) in [6, 6.07) is 4.73. The molecule has 9 heteroatoms. The molecule has 28 heavy (non-hydrogen) atoms. The monoisotopic (exact) mass is 518 g/mol. The van der Waals surface area contributed by atoms with Crippen LogP contribution in [-0.2, 0) is 9.53 Å². The number of nitrogens with one attached hydrogen (secondary N) is 1. The lowest BCUT2D eigenvalue weighted by atomic mass is 9.95.